The van der Waals surface area contributed by atoms with Crippen LogP contribution >= 0.6 is 42.6 Å². The second-order valence-corrected chi connectivity index (χ2v) is 7.52. The van der Waals surface area contributed by atoms with Crippen LogP contribution in [-0.2, 0) is 13.7 Å². The molecular weight excluding hydrogens is 335 g/mol. The Kier molecular flexibility index (Phi) is 22.5. The lowest BCUT2D eigenvalue weighted by molar-refractivity contribution is 0.379. The zero-order chi connectivity index (χ0) is 13.5. The summed E-state index contributed by atoms with van der Waals surface area (Å²) in [5, 5.41) is 0. The normalized spacial score (nSPS) is 10.4. The summed E-state index contributed by atoms with van der Waals surface area (Å²) in [5.41, 5.74) is 0. The van der Waals surface area contributed by atoms with Gasteiger partial charge in [-0.2, -0.15) is 19.8 Å². The Morgan fingerprint density at radius 1 is 0.529 bits per heavy atom. The Balaban J connectivity index is -0.0000000400. The van der Waals surface area contributed by atoms with Crippen LogP contribution in [0.2, 0.25) is 0 Å². The molecule has 0 bridgehead atoms. The minimum absolute atomic E-state index is 0. The maximum absolute atomic E-state index is 9.33. The van der Waals surface area contributed by atoms with Crippen LogP contribution in [0.3, 0.4) is 0 Å². The molecule has 0 fully saturated rings. The first-order chi connectivity index (χ1) is 6.00. The van der Waals surface area contributed by atoms with Crippen molar-refractivity contribution in [2.75, 3.05) is 20.0 Å². The van der Waals surface area contributed by atoms with Crippen LogP contribution < -0.4 is 0 Å². The molecule has 14 heteroatoms. The van der Waals surface area contributed by atoms with Crippen molar-refractivity contribution in [1.82, 2.24) is 0 Å². The zero-order valence-corrected chi connectivity index (χ0v) is 15.2. The lowest BCUT2D eigenvalue weighted by Gasteiger charge is -1.84. The molecule has 0 aromatic rings. The first-order valence-electron chi connectivity index (χ1n) is 3.09. The molecule has 2 atom stereocenters. The van der Waals surface area contributed by atoms with E-state index >= 15 is 0 Å². The molecule has 0 aliphatic heterocycles. The van der Waals surface area contributed by atoms with Crippen LogP contribution in [-0.4, -0.2) is 49.4 Å². The van der Waals surface area contributed by atoms with Crippen molar-refractivity contribution in [2.24, 2.45) is 0 Å². The molecule has 0 radical (unpaired) electrons. The van der Waals surface area contributed by atoms with E-state index < -0.39 is 22.8 Å². The van der Waals surface area contributed by atoms with Crippen molar-refractivity contribution in [3.8, 4) is 0 Å². The Bertz CT molecular complexity index is 211. The van der Waals surface area contributed by atoms with E-state index in [0.29, 0.717) is 0 Å². The number of rotatable bonds is 0. The molecule has 9 nitrogen and oxygen atoms in total. The van der Waals surface area contributed by atoms with Gasteiger partial charge in [-0.3, -0.25) is 13.7 Å². The van der Waals surface area contributed by atoms with Crippen molar-refractivity contribution in [3.05, 3.63) is 0 Å². The minimum atomic E-state index is -3.64. The molecule has 0 saturated heterocycles. The van der Waals surface area contributed by atoms with Crippen molar-refractivity contribution in [3.63, 3.8) is 0 Å². The van der Waals surface area contributed by atoms with Gasteiger partial charge in [-0.1, -0.05) is 0 Å². The summed E-state index contributed by atoms with van der Waals surface area (Å²) < 4.78 is 28.0. The fraction of sp³-hybridized carbons (Fsp3) is 1.00. The highest BCUT2D eigenvalue weighted by Crippen LogP contribution is 2.27. The lowest BCUT2D eigenvalue weighted by atomic mass is 12.0. The third-order valence-electron chi connectivity index (χ3n) is 0. The van der Waals surface area contributed by atoms with Crippen molar-refractivity contribution >= 4 is 42.6 Å². The summed E-state index contributed by atoms with van der Waals surface area (Å²) in [6.45, 7) is 2.56. The topological polar surface area (TPSA) is 173 Å². The largest absolute Gasteiger partial charge is 0.325 e. The minimum Gasteiger partial charge on any atom is -0.325 e. The molecule has 2 unspecified atom stereocenters. The van der Waals surface area contributed by atoms with Crippen molar-refractivity contribution in [1.29, 1.82) is 0 Å². The Labute approximate surface area is 106 Å². The van der Waals surface area contributed by atoms with Crippen molar-refractivity contribution in [2.45, 2.75) is 0 Å². The molecule has 0 heterocycles. The van der Waals surface area contributed by atoms with Gasteiger partial charge in [-0.05, 0) is 0 Å². The van der Waals surface area contributed by atoms with Gasteiger partial charge in [-0.25, -0.2) is 0 Å². The smallest absolute Gasteiger partial charge is 0.322 e. The van der Waals surface area contributed by atoms with E-state index in [1.54, 1.807) is 0 Å². The van der Waals surface area contributed by atoms with Gasteiger partial charge >= 0.3 is 22.8 Å². The second kappa shape index (κ2) is 12.3. The quantitative estimate of drug-likeness (QED) is 0.313. The highest BCUT2D eigenvalue weighted by atomic mass is 31.2. The van der Waals surface area contributed by atoms with Gasteiger partial charge in [0.15, 0.2) is 0 Å². The average Bonchev–Trinajstić information content (AvgIpc) is 1.41. The first kappa shape index (κ1) is 31.0. The SMILES string of the molecule is CP(=O)(O)O.CP(=O)(O)O.CP(=O)(O)O.P.P. The number of hydrogen-bond acceptors (Lipinski definition) is 3. The molecule has 0 spiro atoms. The van der Waals surface area contributed by atoms with E-state index in [2.05, 4.69) is 0 Å². The lowest BCUT2D eigenvalue weighted by Crippen LogP contribution is -1.64. The summed E-state index contributed by atoms with van der Waals surface area (Å²) in [5.74, 6) is 0. The summed E-state index contributed by atoms with van der Waals surface area (Å²) in [4.78, 5) is 45.8. The summed E-state index contributed by atoms with van der Waals surface area (Å²) in [6.07, 6.45) is 0. The first-order valence-corrected chi connectivity index (χ1v) is 9.27. The Morgan fingerprint density at radius 3 is 0.529 bits per heavy atom. The van der Waals surface area contributed by atoms with E-state index in [-0.39, 0.29) is 19.8 Å². The van der Waals surface area contributed by atoms with Gasteiger partial charge < -0.3 is 29.4 Å². The maximum Gasteiger partial charge on any atom is 0.322 e. The summed E-state index contributed by atoms with van der Waals surface area (Å²) in [7, 11) is -10.9. The molecule has 0 aliphatic carbocycles. The molecule has 0 aromatic heterocycles. The van der Waals surface area contributed by atoms with Gasteiger partial charge in [0.2, 0.25) is 0 Å². The highest BCUT2D eigenvalue weighted by molar-refractivity contribution is 7.51. The Hall–Kier alpha value is 1.31. The molecule has 112 valence electrons. The van der Waals surface area contributed by atoms with Crippen LogP contribution in [0.4, 0.5) is 0 Å². The second-order valence-electron chi connectivity index (χ2n) is 2.51. The van der Waals surface area contributed by atoms with E-state index in [1.807, 2.05) is 0 Å². The fourth-order valence-electron chi connectivity index (χ4n) is 0. The summed E-state index contributed by atoms with van der Waals surface area (Å²) >= 11 is 0. The molecular formula is C3H21O9P5. The molecule has 0 saturated carbocycles. The van der Waals surface area contributed by atoms with Crippen LogP contribution in [0.5, 0.6) is 0 Å². The molecule has 0 aliphatic rings. The molecule has 0 rings (SSSR count). The number of hydrogen-bond donors (Lipinski definition) is 6. The monoisotopic (exact) mass is 356 g/mol. The van der Waals surface area contributed by atoms with E-state index in [4.69, 9.17) is 29.4 Å². The predicted molar refractivity (Wildman–Crippen MR) is 76.1 cm³/mol. The van der Waals surface area contributed by atoms with Crippen LogP contribution in [0.1, 0.15) is 0 Å². The van der Waals surface area contributed by atoms with E-state index in [1.165, 1.54) is 0 Å². The Morgan fingerprint density at radius 2 is 0.529 bits per heavy atom. The van der Waals surface area contributed by atoms with Crippen molar-refractivity contribution < 1.29 is 43.1 Å². The van der Waals surface area contributed by atoms with Gasteiger partial charge in [-0.15, -0.1) is 0 Å². The van der Waals surface area contributed by atoms with Crippen LogP contribution in [0, 0.1) is 0 Å². The van der Waals surface area contributed by atoms with Gasteiger partial charge in [0.25, 0.3) is 0 Å². The van der Waals surface area contributed by atoms with E-state index in [9.17, 15) is 13.7 Å². The van der Waals surface area contributed by atoms with Gasteiger partial charge in [0.1, 0.15) is 0 Å². The van der Waals surface area contributed by atoms with Crippen LogP contribution in [0.25, 0.3) is 0 Å². The van der Waals surface area contributed by atoms with E-state index in [0.717, 1.165) is 20.0 Å². The van der Waals surface area contributed by atoms with Crippen LogP contribution in [0.15, 0.2) is 0 Å². The standard InChI is InChI=1S/3CH5O3P.2H3P/c3*1-5(2,3)4;;/h3*1H3,(H2,2,3,4);2*1H3. The van der Waals surface area contributed by atoms with Gasteiger partial charge in [0, 0.05) is 20.0 Å². The average molecular weight is 356 g/mol. The maximum atomic E-state index is 9.33. The summed E-state index contributed by atoms with van der Waals surface area (Å²) in [6, 6.07) is 0. The molecule has 6 N–H and O–H groups in total. The predicted octanol–water partition coefficient (Wildman–Crippen LogP) is -0.502. The highest BCUT2D eigenvalue weighted by Gasteiger charge is 1.96. The fourth-order valence-corrected chi connectivity index (χ4v) is 0. The molecule has 0 amide bonds. The van der Waals surface area contributed by atoms with Gasteiger partial charge in [0.05, 0.1) is 0 Å². The molecule has 0 aromatic carbocycles. The zero-order valence-electron chi connectivity index (χ0n) is 9.66. The third kappa shape index (κ3) is 2360. The molecule has 17 heavy (non-hydrogen) atoms. The third-order valence-corrected chi connectivity index (χ3v) is 0.